The summed E-state index contributed by atoms with van der Waals surface area (Å²) in [6.45, 7) is 5.42. The van der Waals surface area contributed by atoms with Gasteiger partial charge in [-0.15, -0.1) is 0 Å². The van der Waals surface area contributed by atoms with E-state index < -0.39 is 23.7 Å². The lowest BCUT2D eigenvalue weighted by Crippen LogP contribution is -2.43. The number of alkyl carbamates (subject to hydrolysis) is 1. The van der Waals surface area contributed by atoms with Gasteiger partial charge in [-0.2, -0.15) is 0 Å². The van der Waals surface area contributed by atoms with Crippen molar-refractivity contribution in [2.24, 2.45) is 5.16 Å². The Balaban J connectivity index is 2.62. The van der Waals surface area contributed by atoms with Crippen molar-refractivity contribution in [3.8, 4) is 0 Å². The van der Waals surface area contributed by atoms with Gasteiger partial charge in [0.05, 0.1) is 5.71 Å². The molecule has 1 atom stereocenters. The van der Waals surface area contributed by atoms with Crippen LogP contribution in [0.1, 0.15) is 39.2 Å². The maximum Gasteiger partial charge on any atom is 0.408 e. The van der Waals surface area contributed by atoms with E-state index in [1.807, 2.05) is 30.3 Å². The zero-order chi connectivity index (χ0) is 20.4. The molecule has 1 rings (SSSR count). The summed E-state index contributed by atoms with van der Waals surface area (Å²) in [4.78, 5) is 28.6. The molecule has 0 radical (unpaired) electrons. The van der Waals surface area contributed by atoms with Gasteiger partial charge in [0.2, 0.25) is 0 Å². The van der Waals surface area contributed by atoms with Crippen molar-refractivity contribution in [1.82, 2.24) is 5.32 Å². The highest BCUT2D eigenvalue weighted by atomic mass is 79.9. The van der Waals surface area contributed by atoms with Crippen LogP contribution in [0.3, 0.4) is 0 Å². The van der Waals surface area contributed by atoms with E-state index in [4.69, 9.17) is 9.57 Å². The van der Waals surface area contributed by atoms with E-state index in [2.05, 4.69) is 42.3 Å². The zero-order valence-corrected chi connectivity index (χ0v) is 18.6. The highest BCUT2D eigenvalue weighted by molar-refractivity contribution is 9.25. The maximum atomic E-state index is 11.8. The van der Waals surface area contributed by atoms with Crippen molar-refractivity contribution < 1.29 is 24.3 Å². The standard InChI is InChI=1S/C18H24Br2N2O5/c1-18(2,3)27-17(25)21-14(16(23)24)10-9-13(15(19)20)22-26-11-12-7-5-4-6-8-12/h4-8,14-15H,9-11H2,1-3H3,(H,21,25)(H,23,24)/t14-/m0/s1. The van der Waals surface area contributed by atoms with Gasteiger partial charge in [-0.1, -0.05) is 67.3 Å². The molecule has 0 aromatic heterocycles. The molecule has 0 aliphatic heterocycles. The Labute approximate surface area is 175 Å². The molecule has 1 aromatic carbocycles. The number of hydrogen-bond acceptors (Lipinski definition) is 5. The van der Waals surface area contributed by atoms with Crippen LogP contribution < -0.4 is 5.32 Å². The molecule has 1 amide bonds. The summed E-state index contributed by atoms with van der Waals surface area (Å²) < 4.78 is 4.82. The minimum absolute atomic E-state index is 0.135. The average Bonchev–Trinajstić information content (AvgIpc) is 2.55. The predicted molar refractivity (Wildman–Crippen MR) is 110 cm³/mol. The van der Waals surface area contributed by atoms with Gasteiger partial charge in [-0.25, -0.2) is 9.59 Å². The molecule has 0 spiro atoms. The number of carboxylic acid groups (broad SMARTS) is 1. The molecule has 0 unspecified atom stereocenters. The number of halogens is 2. The summed E-state index contributed by atoms with van der Waals surface area (Å²) in [6, 6.07) is 8.45. The van der Waals surface area contributed by atoms with Gasteiger partial charge >= 0.3 is 12.1 Å². The van der Waals surface area contributed by atoms with Gasteiger partial charge < -0.3 is 20.0 Å². The van der Waals surface area contributed by atoms with Crippen molar-refractivity contribution >= 4 is 49.6 Å². The number of carbonyl (C=O) groups excluding carboxylic acids is 1. The van der Waals surface area contributed by atoms with Crippen molar-refractivity contribution in [3.05, 3.63) is 35.9 Å². The lowest BCUT2D eigenvalue weighted by Gasteiger charge is -2.22. The molecule has 1 aromatic rings. The molecule has 0 saturated heterocycles. The Hall–Kier alpha value is -1.61. The van der Waals surface area contributed by atoms with E-state index in [9.17, 15) is 14.7 Å². The molecule has 0 fully saturated rings. The molecule has 0 aliphatic rings. The van der Waals surface area contributed by atoms with E-state index in [-0.39, 0.29) is 10.2 Å². The number of amides is 1. The molecule has 150 valence electrons. The first-order valence-electron chi connectivity index (χ1n) is 8.31. The van der Waals surface area contributed by atoms with Gasteiger partial charge in [0.15, 0.2) is 0 Å². The van der Waals surface area contributed by atoms with Gasteiger partial charge in [0.1, 0.15) is 22.0 Å². The minimum Gasteiger partial charge on any atom is -0.480 e. The van der Waals surface area contributed by atoms with Crippen LogP contribution >= 0.6 is 31.9 Å². The Morgan fingerprint density at radius 3 is 2.37 bits per heavy atom. The average molecular weight is 508 g/mol. The van der Waals surface area contributed by atoms with E-state index >= 15 is 0 Å². The van der Waals surface area contributed by atoms with Crippen LogP contribution in [0.15, 0.2) is 35.5 Å². The van der Waals surface area contributed by atoms with E-state index in [1.165, 1.54) is 0 Å². The molecular weight excluding hydrogens is 484 g/mol. The zero-order valence-electron chi connectivity index (χ0n) is 15.4. The number of oxime groups is 1. The molecule has 2 N–H and O–H groups in total. The van der Waals surface area contributed by atoms with Crippen molar-refractivity contribution in [2.45, 2.75) is 55.6 Å². The fraction of sp³-hybridized carbons (Fsp3) is 0.500. The van der Waals surface area contributed by atoms with Crippen LogP contribution in [0.25, 0.3) is 0 Å². The number of rotatable bonds is 9. The Bertz CT molecular complexity index is 645. The molecule has 0 aliphatic carbocycles. The van der Waals surface area contributed by atoms with Crippen LogP contribution in [0.2, 0.25) is 0 Å². The lowest BCUT2D eigenvalue weighted by molar-refractivity contribution is -0.139. The molecular formula is C18H24Br2N2O5. The highest BCUT2D eigenvalue weighted by Gasteiger charge is 2.25. The third-order valence-corrected chi connectivity index (χ3v) is 4.24. The van der Waals surface area contributed by atoms with Gasteiger partial charge in [-0.05, 0) is 39.2 Å². The second-order valence-electron chi connectivity index (χ2n) is 6.72. The van der Waals surface area contributed by atoms with Gasteiger partial charge in [0.25, 0.3) is 0 Å². The topological polar surface area (TPSA) is 97.2 Å². The number of carboxylic acids is 1. The number of benzene rings is 1. The Morgan fingerprint density at radius 1 is 1.22 bits per heavy atom. The maximum absolute atomic E-state index is 11.8. The lowest BCUT2D eigenvalue weighted by atomic mass is 10.1. The molecule has 0 heterocycles. The molecule has 0 bridgehead atoms. The van der Waals surface area contributed by atoms with Crippen molar-refractivity contribution in [3.63, 3.8) is 0 Å². The van der Waals surface area contributed by atoms with Crippen LogP contribution in [0, 0.1) is 0 Å². The number of nitrogens with one attached hydrogen (secondary N) is 1. The largest absolute Gasteiger partial charge is 0.480 e. The highest BCUT2D eigenvalue weighted by Crippen LogP contribution is 2.16. The smallest absolute Gasteiger partial charge is 0.408 e. The summed E-state index contributed by atoms with van der Waals surface area (Å²) >= 11 is 6.70. The summed E-state index contributed by atoms with van der Waals surface area (Å²) in [7, 11) is 0. The fourth-order valence-electron chi connectivity index (χ4n) is 1.96. The first-order valence-corrected chi connectivity index (χ1v) is 10.1. The number of alkyl halides is 2. The minimum atomic E-state index is -1.15. The molecule has 27 heavy (non-hydrogen) atoms. The Morgan fingerprint density at radius 2 is 1.85 bits per heavy atom. The predicted octanol–water partition coefficient (Wildman–Crippen LogP) is 4.43. The first kappa shape index (κ1) is 23.4. The summed E-state index contributed by atoms with van der Waals surface area (Å²) in [6.07, 6.45) is -0.346. The van der Waals surface area contributed by atoms with Crippen LogP contribution in [0.5, 0.6) is 0 Å². The SMILES string of the molecule is CC(C)(C)OC(=O)N[C@@H](CCC(=NOCc1ccccc1)C(Br)Br)C(=O)O. The first-order chi connectivity index (χ1) is 12.6. The van der Waals surface area contributed by atoms with Gasteiger partial charge in [0, 0.05) is 0 Å². The van der Waals surface area contributed by atoms with Crippen LogP contribution in [0.4, 0.5) is 4.79 Å². The second kappa shape index (κ2) is 11.3. The third-order valence-electron chi connectivity index (χ3n) is 3.19. The van der Waals surface area contributed by atoms with Gasteiger partial charge in [-0.3, -0.25) is 0 Å². The van der Waals surface area contributed by atoms with Crippen molar-refractivity contribution in [1.29, 1.82) is 0 Å². The normalized spacial score (nSPS) is 13.2. The number of ether oxygens (including phenoxy) is 1. The quantitative estimate of drug-likeness (QED) is 0.292. The molecule has 9 heteroatoms. The molecule has 7 nitrogen and oxygen atoms in total. The Kier molecular flexibility index (Phi) is 9.79. The second-order valence-corrected chi connectivity index (χ2v) is 9.78. The number of aliphatic carboxylic acids is 1. The van der Waals surface area contributed by atoms with Crippen LogP contribution in [-0.2, 0) is 21.0 Å². The summed E-state index contributed by atoms with van der Waals surface area (Å²) in [5.74, 6) is -1.15. The number of carbonyl (C=O) groups is 2. The summed E-state index contributed by atoms with van der Waals surface area (Å²) in [5, 5.41) is 15.8. The number of hydrogen-bond donors (Lipinski definition) is 2. The van der Waals surface area contributed by atoms with Crippen LogP contribution in [-0.4, -0.2) is 38.3 Å². The fourth-order valence-corrected chi connectivity index (χ4v) is 2.58. The van der Waals surface area contributed by atoms with E-state index in [1.54, 1.807) is 20.8 Å². The summed E-state index contributed by atoms with van der Waals surface area (Å²) in [5.41, 5.74) is 0.835. The van der Waals surface area contributed by atoms with E-state index in [0.29, 0.717) is 18.7 Å². The third kappa shape index (κ3) is 10.3. The monoisotopic (exact) mass is 506 g/mol. The molecule has 0 saturated carbocycles. The van der Waals surface area contributed by atoms with E-state index in [0.717, 1.165) is 5.56 Å². The number of nitrogens with zero attached hydrogens (tertiary/aromatic N) is 1. The van der Waals surface area contributed by atoms with Crippen molar-refractivity contribution in [2.75, 3.05) is 0 Å².